The fourth-order valence-corrected chi connectivity index (χ4v) is 14.6. The number of imidazole rings is 1. The molecular formula is C53H83N15O15S4. The second-order valence-electron chi connectivity index (χ2n) is 21.5. The molecule has 0 aromatic carbocycles. The number of aliphatic hydroxyl groups excluding tert-OH is 1. The van der Waals surface area contributed by atoms with Gasteiger partial charge in [-0.3, -0.25) is 57.5 Å². The molecule has 0 unspecified atom stereocenters. The molecule has 4 saturated heterocycles. The smallest absolute Gasteiger partial charge is 0.327 e. The van der Waals surface area contributed by atoms with Crippen LogP contribution in [0.1, 0.15) is 105 Å². The average Bonchev–Trinajstić information content (AvgIpc) is 3.18. The monoisotopic (exact) mass is 1300 g/mol. The number of carboxylic acids is 1. The molecule has 0 radical (unpaired) electrons. The van der Waals surface area contributed by atoms with Gasteiger partial charge in [-0.2, -0.15) is 0 Å². The summed E-state index contributed by atoms with van der Waals surface area (Å²) in [6, 6.07) is -16.7. The summed E-state index contributed by atoms with van der Waals surface area (Å²) in [6.07, 6.45) is 5.11. The zero-order valence-electron chi connectivity index (χ0n) is 49.3. The minimum atomic E-state index is -1.78. The summed E-state index contributed by atoms with van der Waals surface area (Å²) in [4.78, 5) is 193. The molecule has 4 aliphatic heterocycles. The number of unbranched alkanes of at least 4 members (excludes halogenated alkanes) is 1. The molecule has 13 atom stereocenters. The van der Waals surface area contributed by atoms with E-state index in [2.05, 4.69) is 63.1 Å². The van der Waals surface area contributed by atoms with E-state index in [9.17, 15) is 72.5 Å². The van der Waals surface area contributed by atoms with E-state index in [0.29, 0.717) is 37.8 Å². The zero-order chi connectivity index (χ0) is 63.9. The highest BCUT2D eigenvalue weighted by Gasteiger charge is 2.43. The van der Waals surface area contributed by atoms with Gasteiger partial charge in [-0.15, -0.1) is 0 Å². The molecular weight excluding hydrogens is 1210 g/mol. The van der Waals surface area contributed by atoms with Gasteiger partial charge in [-0.25, -0.2) is 9.78 Å². The number of rotatable bonds is 13. The molecule has 0 aliphatic carbocycles. The van der Waals surface area contributed by atoms with E-state index in [-0.39, 0.29) is 74.6 Å². The van der Waals surface area contributed by atoms with E-state index in [1.807, 2.05) is 6.92 Å². The van der Waals surface area contributed by atoms with Gasteiger partial charge in [-0.05, 0) is 50.9 Å². The van der Waals surface area contributed by atoms with Crippen molar-refractivity contribution < 1.29 is 72.5 Å². The lowest BCUT2D eigenvalue weighted by Gasteiger charge is -2.31. The molecule has 2 bridgehead atoms. The third kappa shape index (κ3) is 20.6. The number of hydrogen-bond donors (Lipinski definition) is 14. The number of nitrogens with one attached hydrogen (secondary N) is 11. The number of aliphatic carboxylic acids is 1. The number of aromatic amines is 1. The minimum Gasteiger partial charge on any atom is -0.480 e. The van der Waals surface area contributed by atoms with Crippen molar-refractivity contribution in [2.45, 2.75) is 178 Å². The Hall–Kier alpha value is -6.36. The third-order valence-electron chi connectivity index (χ3n) is 15.2. The van der Waals surface area contributed by atoms with E-state index in [1.165, 1.54) is 22.3 Å². The van der Waals surface area contributed by atoms with E-state index in [1.54, 1.807) is 27.7 Å². The van der Waals surface area contributed by atoms with Crippen molar-refractivity contribution in [2.75, 3.05) is 49.3 Å². The van der Waals surface area contributed by atoms with Crippen molar-refractivity contribution in [1.29, 1.82) is 0 Å². The molecule has 87 heavy (non-hydrogen) atoms. The van der Waals surface area contributed by atoms with Gasteiger partial charge in [0.1, 0.15) is 72.5 Å². The topological polar surface area (TPSA) is 444 Å². The highest BCUT2D eigenvalue weighted by Crippen LogP contribution is 2.27. The Kier molecular flexibility index (Phi) is 29.2. The van der Waals surface area contributed by atoms with Crippen molar-refractivity contribution in [2.24, 2.45) is 11.7 Å². The zero-order valence-corrected chi connectivity index (χ0v) is 52.6. The molecule has 5 heterocycles. The van der Waals surface area contributed by atoms with Crippen LogP contribution in [0.4, 0.5) is 0 Å². The lowest BCUT2D eigenvalue weighted by atomic mass is 9.97. The predicted molar refractivity (Wildman–Crippen MR) is 324 cm³/mol. The van der Waals surface area contributed by atoms with Crippen LogP contribution in [0.15, 0.2) is 12.5 Å². The fraction of sp³-hybridized carbons (Fsp3) is 0.698. The summed E-state index contributed by atoms with van der Waals surface area (Å²) >= 11 is 0. The molecule has 0 saturated carbocycles. The maximum atomic E-state index is 14.7. The van der Waals surface area contributed by atoms with Crippen molar-refractivity contribution in [1.82, 2.24) is 72.9 Å². The van der Waals surface area contributed by atoms with Crippen molar-refractivity contribution in [3.63, 3.8) is 0 Å². The van der Waals surface area contributed by atoms with Crippen LogP contribution in [0.5, 0.6) is 0 Å². The number of amides is 12. The van der Waals surface area contributed by atoms with Gasteiger partial charge >= 0.3 is 5.97 Å². The van der Waals surface area contributed by atoms with Crippen molar-refractivity contribution in [3.05, 3.63) is 18.2 Å². The molecule has 12 amide bonds. The SMILES string of the molecule is CCCC[C@@H]1NC(=O)[C@H](CC)NC(=O)[C@H]([C@H](C)CC)NC(=O)[C@@H]2CSSC[C@H](NC(=O)CN)C(=O)N[C@@H](CSSC[C@@H](C(=O)O)NC(=O)[C@@H]3CCCN3C1=O)C(=O)N[C@@H](CO)C(=O)N[C@@H](Cc1cnc[nH]1)C(=O)N1CCC[C@H]1C(=O)N[C@@H](CC)C(=O)N2. The number of aliphatic hydroxyl groups is 1. The Labute approximate surface area is 519 Å². The number of carbonyl (C=O) groups excluding carboxylic acids is 12. The number of aromatic nitrogens is 2. The van der Waals surface area contributed by atoms with Crippen LogP contribution < -0.4 is 58.9 Å². The first-order chi connectivity index (χ1) is 41.6. The van der Waals surface area contributed by atoms with Gasteiger partial charge in [0.25, 0.3) is 0 Å². The van der Waals surface area contributed by atoms with Crippen molar-refractivity contribution in [3.8, 4) is 0 Å². The second kappa shape index (κ2) is 35.6. The summed E-state index contributed by atoms with van der Waals surface area (Å²) in [5.41, 5.74) is 6.02. The van der Waals surface area contributed by atoms with Gasteiger partial charge < -0.3 is 83.9 Å². The van der Waals surface area contributed by atoms with E-state index >= 15 is 0 Å². The summed E-state index contributed by atoms with van der Waals surface area (Å²) in [7, 11) is 3.64. The molecule has 34 heteroatoms. The van der Waals surface area contributed by atoms with Crippen LogP contribution in [0, 0.1) is 5.92 Å². The Morgan fingerprint density at radius 3 is 1.69 bits per heavy atom. The maximum absolute atomic E-state index is 14.7. The Balaban J connectivity index is 1.62. The number of H-pyrrole nitrogens is 1. The first kappa shape index (κ1) is 71.4. The third-order valence-corrected chi connectivity index (χ3v) is 20.1. The van der Waals surface area contributed by atoms with Crippen LogP contribution in [0.25, 0.3) is 0 Å². The second-order valence-corrected chi connectivity index (χ2v) is 26.6. The lowest BCUT2D eigenvalue weighted by molar-refractivity contribution is -0.144. The van der Waals surface area contributed by atoms with Crippen LogP contribution in [-0.2, 0) is 68.7 Å². The van der Waals surface area contributed by atoms with E-state index < -0.39 is 168 Å². The van der Waals surface area contributed by atoms with Crippen LogP contribution >= 0.6 is 43.2 Å². The first-order valence-corrected chi connectivity index (χ1v) is 34.2. The molecule has 1 aromatic heterocycles. The van der Waals surface area contributed by atoms with Gasteiger partial charge in [0.15, 0.2) is 0 Å². The number of carbonyl (C=O) groups is 13. The summed E-state index contributed by atoms with van der Waals surface area (Å²) in [6.45, 7) is 7.09. The van der Waals surface area contributed by atoms with Gasteiger partial charge in [0.2, 0.25) is 70.9 Å². The number of carboxylic acid groups (broad SMARTS) is 1. The highest BCUT2D eigenvalue weighted by molar-refractivity contribution is 8.77. The molecule has 4 aliphatic rings. The van der Waals surface area contributed by atoms with Crippen LogP contribution in [0.3, 0.4) is 0 Å². The highest BCUT2D eigenvalue weighted by atomic mass is 33.1. The molecule has 1 aromatic rings. The summed E-state index contributed by atoms with van der Waals surface area (Å²) < 4.78 is 0. The van der Waals surface area contributed by atoms with Gasteiger partial charge in [0, 0.05) is 54.4 Å². The van der Waals surface area contributed by atoms with Crippen LogP contribution in [0.2, 0.25) is 0 Å². The van der Waals surface area contributed by atoms with E-state index in [0.717, 1.165) is 43.2 Å². The molecule has 4 fully saturated rings. The largest absolute Gasteiger partial charge is 0.480 e. The Bertz CT molecular complexity index is 2610. The average molecular weight is 1300 g/mol. The fourth-order valence-electron chi connectivity index (χ4n) is 9.94. The molecule has 5 rings (SSSR count). The Morgan fingerprint density at radius 2 is 1.14 bits per heavy atom. The molecule has 30 nitrogen and oxygen atoms in total. The number of fused-ring (bicyclic) bond motifs is 10. The maximum Gasteiger partial charge on any atom is 0.327 e. The van der Waals surface area contributed by atoms with Gasteiger partial charge in [-0.1, -0.05) is 97.1 Å². The quantitative estimate of drug-likeness (QED) is 0.0859. The Morgan fingerprint density at radius 1 is 0.632 bits per heavy atom. The number of hydrogen-bond acceptors (Lipinski definition) is 20. The van der Waals surface area contributed by atoms with E-state index in [4.69, 9.17) is 5.73 Å². The summed E-state index contributed by atoms with van der Waals surface area (Å²) in [5.74, 6) is -13.3. The van der Waals surface area contributed by atoms with Gasteiger partial charge in [0.05, 0.1) is 19.5 Å². The predicted octanol–water partition coefficient (Wildman–Crippen LogP) is -3.34. The minimum absolute atomic E-state index is 0.0167. The molecule has 0 spiro atoms. The number of nitrogens with zero attached hydrogens (tertiary/aromatic N) is 3. The lowest BCUT2D eigenvalue weighted by Crippen LogP contribution is -2.61. The standard InChI is InChI=1S/C53H83N15O15S4/c1-6-10-13-31-51(80)67-16-11-15-39(67)49(78)65-37(53(82)83)25-87-86-23-35-46(75)62-33(21-69)44(73)61-32(18-28-20-55-26-56-28)52(81)68-17-12-14-38(68)48(77)58-29(8-3)43(72)63-36(24-85-84-22-34(45(74)64-35)57-40(70)19-54)47(76)66-41(27(5)7-2)50(79)59-30(9-4)42(71)60-31/h20,26-27,29-39,41,69H,6-19,21-25,54H2,1-5H3,(H,55,56)(H,57,70)(H,58,77)(H,59,79)(H,60,71)(H,61,73)(H,62,75)(H,63,72)(H,64,74)(H,65,78)(H,66,76)(H,82,83)/t27-,29+,30+,31+,32+,33+,34+,35+,36+,37+,38+,39+,41+/m1/s1. The first-order valence-electron chi connectivity index (χ1n) is 29.2. The molecule has 484 valence electrons. The normalized spacial score (nSPS) is 29.3. The van der Waals surface area contributed by atoms with Crippen LogP contribution in [-0.4, -0.2) is 229 Å². The summed E-state index contributed by atoms with van der Waals surface area (Å²) in [5, 5.41) is 47.2. The van der Waals surface area contributed by atoms with Crippen molar-refractivity contribution >= 4 is 120 Å². The molecule has 15 N–H and O–H groups in total. The number of nitrogens with two attached hydrogens (primary N) is 1.